The Hall–Kier alpha value is -1.59. The van der Waals surface area contributed by atoms with E-state index in [1.807, 2.05) is 0 Å². The summed E-state index contributed by atoms with van der Waals surface area (Å²) in [6, 6.07) is 6.53. The third-order valence-corrected chi connectivity index (χ3v) is 3.44. The van der Waals surface area contributed by atoms with Gasteiger partial charge in [0.1, 0.15) is 12.4 Å². The van der Waals surface area contributed by atoms with Gasteiger partial charge in [-0.05, 0) is 38.0 Å². The van der Waals surface area contributed by atoms with Crippen LogP contribution in [0, 0.1) is 0 Å². The highest BCUT2D eigenvalue weighted by Crippen LogP contribution is 2.18. The molecule has 0 aliphatic carbocycles. The number of rotatable bonds is 6. The van der Waals surface area contributed by atoms with Crippen molar-refractivity contribution in [3.8, 4) is 5.75 Å². The Bertz CT molecular complexity index is 455. The van der Waals surface area contributed by atoms with Crippen LogP contribution in [0.1, 0.15) is 30.1 Å². The van der Waals surface area contributed by atoms with E-state index in [2.05, 4.69) is 12.2 Å². The van der Waals surface area contributed by atoms with E-state index in [4.69, 9.17) is 14.6 Å². The monoisotopic (exact) mass is 279 g/mol. The number of benzene rings is 1. The number of hydrogen-bond donors (Lipinski definition) is 2. The molecule has 1 aliphatic heterocycles. The van der Waals surface area contributed by atoms with Crippen LogP contribution in [0.15, 0.2) is 24.3 Å². The SMILES string of the molecule is CC1(NCCOc2cccc(C(=O)O)c2)CCCOC1. The molecule has 5 heteroatoms. The predicted octanol–water partition coefficient (Wildman–Crippen LogP) is 1.92. The average Bonchev–Trinajstić information content (AvgIpc) is 2.45. The summed E-state index contributed by atoms with van der Waals surface area (Å²) in [5.74, 6) is -0.364. The van der Waals surface area contributed by atoms with Crippen molar-refractivity contribution in [3.63, 3.8) is 0 Å². The summed E-state index contributed by atoms with van der Waals surface area (Å²) in [4.78, 5) is 10.8. The molecule has 1 unspecified atom stereocenters. The smallest absolute Gasteiger partial charge is 0.335 e. The Morgan fingerprint density at radius 3 is 3.10 bits per heavy atom. The van der Waals surface area contributed by atoms with Crippen LogP contribution < -0.4 is 10.1 Å². The second-order valence-corrected chi connectivity index (χ2v) is 5.33. The maximum absolute atomic E-state index is 10.8. The third kappa shape index (κ3) is 4.21. The fraction of sp³-hybridized carbons (Fsp3) is 0.533. The summed E-state index contributed by atoms with van der Waals surface area (Å²) >= 11 is 0. The van der Waals surface area contributed by atoms with E-state index in [9.17, 15) is 4.79 Å². The lowest BCUT2D eigenvalue weighted by atomic mass is 9.95. The van der Waals surface area contributed by atoms with Crippen molar-refractivity contribution in [2.24, 2.45) is 0 Å². The Kier molecular flexibility index (Phi) is 4.98. The first-order valence-electron chi connectivity index (χ1n) is 6.88. The van der Waals surface area contributed by atoms with Crippen LogP contribution in [-0.4, -0.2) is 43.0 Å². The minimum atomic E-state index is -0.944. The first kappa shape index (κ1) is 14.8. The highest BCUT2D eigenvalue weighted by atomic mass is 16.5. The van der Waals surface area contributed by atoms with Crippen LogP contribution in [-0.2, 0) is 4.74 Å². The quantitative estimate of drug-likeness (QED) is 0.779. The molecule has 0 spiro atoms. The van der Waals surface area contributed by atoms with E-state index in [1.54, 1.807) is 18.2 Å². The highest BCUT2D eigenvalue weighted by molar-refractivity contribution is 5.87. The van der Waals surface area contributed by atoms with E-state index >= 15 is 0 Å². The average molecular weight is 279 g/mol. The summed E-state index contributed by atoms with van der Waals surface area (Å²) in [7, 11) is 0. The molecule has 20 heavy (non-hydrogen) atoms. The zero-order chi connectivity index (χ0) is 14.4. The fourth-order valence-electron chi connectivity index (χ4n) is 2.31. The molecule has 1 aliphatic rings. The summed E-state index contributed by atoms with van der Waals surface area (Å²) in [5, 5.41) is 12.3. The predicted molar refractivity (Wildman–Crippen MR) is 75.4 cm³/mol. The fourth-order valence-corrected chi connectivity index (χ4v) is 2.31. The van der Waals surface area contributed by atoms with Crippen LogP contribution in [0.25, 0.3) is 0 Å². The molecule has 2 rings (SSSR count). The second-order valence-electron chi connectivity index (χ2n) is 5.33. The first-order chi connectivity index (χ1) is 9.59. The molecule has 1 saturated heterocycles. The van der Waals surface area contributed by atoms with E-state index in [0.717, 1.165) is 26.1 Å². The van der Waals surface area contributed by atoms with Gasteiger partial charge in [-0.25, -0.2) is 4.79 Å². The molecule has 1 aromatic carbocycles. The number of carbonyl (C=O) groups is 1. The minimum Gasteiger partial charge on any atom is -0.492 e. The molecular formula is C15H21NO4. The van der Waals surface area contributed by atoms with Crippen LogP contribution in [0.5, 0.6) is 5.75 Å². The van der Waals surface area contributed by atoms with Crippen molar-refractivity contribution >= 4 is 5.97 Å². The van der Waals surface area contributed by atoms with E-state index < -0.39 is 5.97 Å². The Morgan fingerprint density at radius 1 is 1.55 bits per heavy atom. The Morgan fingerprint density at radius 2 is 2.40 bits per heavy atom. The molecule has 0 amide bonds. The van der Waals surface area contributed by atoms with Gasteiger partial charge in [-0.2, -0.15) is 0 Å². The van der Waals surface area contributed by atoms with Gasteiger partial charge in [0, 0.05) is 18.7 Å². The Balaban J connectivity index is 1.75. The van der Waals surface area contributed by atoms with Gasteiger partial charge in [0.15, 0.2) is 0 Å². The molecular weight excluding hydrogens is 258 g/mol. The van der Waals surface area contributed by atoms with Crippen LogP contribution in [0.4, 0.5) is 0 Å². The second kappa shape index (κ2) is 6.72. The number of nitrogens with one attached hydrogen (secondary N) is 1. The number of aromatic carboxylic acids is 1. The third-order valence-electron chi connectivity index (χ3n) is 3.44. The van der Waals surface area contributed by atoms with Crippen molar-refractivity contribution in [2.45, 2.75) is 25.3 Å². The summed E-state index contributed by atoms with van der Waals surface area (Å²) in [6.45, 7) is 4.92. The van der Waals surface area contributed by atoms with Crippen molar-refractivity contribution in [3.05, 3.63) is 29.8 Å². The van der Waals surface area contributed by atoms with Gasteiger partial charge in [-0.3, -0.25) is 0 Å². The number of ether oxygens (including phenoxy) is 2. The van der Waals surface area contributed by atoms with E-state index in [-0.39, 0.29) is 11.1 Å². The Labute approximate surface area is 118 Å². The van der Waals surface area contributed by atoms with Crippen molar-refractivity contribution in [2.75, 3.05) is 26.4 Å². The number of carboxylic acid groups (broad SMARTS) is 1. The van der Waals surface area contributed by atoms with Gasteiger partial charge >= 0.3 is 5.97 Å². The first-order valence-corrected chi connectivity index (χ1v) is 6.88. The molecule has 0 bridgehead atoms. The minimum absolute atomic E-state index is 0.0184. The molecule has 5 nitrogen and oxygen atoms in total. The van der Waals surface area contributed by atoms with E-state index in [0.29, 0.717) is 18.9 Å². The normalized spacial score (nSPS) is 22.4. The van der Waals surface area contributed by atoms with Gasteiger partial charge in [0.25, 0.3) is 0 Å². The zero-order valence-corrected chi connectivity index (χ0v) is 11.7. The maximum atomic E-state index is 10.8. The van der Waals surface area contributed by atoms with Crippen LogP contribution >= 0.6 is 0 Å². The molecule has 2 N–H and O–H groups in total. The molecule has 1 atom stereocenters. The molecule has 0 radical (unpaired) electrons. The summed E-state index contributed by atoms with van der Waals surface area (Å²) in [6.07, 6.45) is 2.17. The van der Waals surface area contributed by atoms with Crippen molar-refractivity contribution in [1.82, 2.24) is 5.32 Å². The highest BCUT2D eigenvalue weighted by Gasteiger charge is 2.26. The van der Waals surface area contributed by atoms with Crippen molar-refractivity contribution in [1.29, 1.82) is 0 Å². The van der Waals surface area contributed by atoms with Gasteiger partial charge in [0.2, 0.25) is 0 Å². The van der Waals surface area contributed by atoms with Crippen molar-refractivity contribution < 1.29 is 19.4 Å². The lowest BCUT2D eigenvalue weighted by Crippen LogP contribution is -2.50. The van der Waals surface area contributed by atoms with Gasteiger partial charge in [0.05, 0.1) is 12.2 Å². The molecule has 110 valence electrons. The largest absolute Gasteiger partial charge is 0.492 e. The lowest BCUT2D eigenvalue weighted by Gasteiger charge is -2.34. The van der Waals surface area contributed by atoms with Gasteiger partial charge in [-0.1, -0.05) is 6.07 Å². The van der Waals surface area contributed by atoms with Crippen LogP contribution in [0.3, 0.4) is 0 Å². The van der Waals surface area contributed by atoms with Crippen LogP contribution in [0.2, 0.25) is 0 Å². The zero-order valence-electron chi connectivity index (χ0n) is 11.7. The summed E-state index contributed by atoms with van der Waals surface area (Å²) in [5.41, 5.74) is 0.257. The topological polar surface area (TPSA) is 67.8 Å². The van der Waals surface area contributed by atoms with Gasteiger partial charge in [-0.15, -0.1) is 0 Å². The molecule has 1 aromatic rings. The maximum Gasteiger partial charge on any atom is 0.335 e. The summed E-state index contributed by atoms with van der Waals surface area (Å²) < 4.78 is 11.0. The molecule has 1 fully saturated rings. The van der Waals surface area contributed by atoms with Gasteiger partial charge < -0.3 is 19.9 Å². The number of carboxylic acids is 1. The standard InChI is InChI=1S/C15H21NO4/c1-15(6-3-8-19-11-15)16-7-9-20-13-5-2-4-12(10-13)14(17)18/h2,4-5,10,16H,3,6-9,11H2,1H3,(H,17,18). The molecule has 1 heterocycles. The lowest BCUT2D eigenvalue weighted by molar-refractivity contribution is 0.0273. The van der Waals surface area contributed by atoms with E-state index in [1.165, 1.54) is 6.07 Å². The molecule has 0 aromatic heterocycles. The number of hydrogen-bond acceptors (Lipinski definition) is 4. The molecule has 0 saturated carbocycles.